The molecule has 0 aromatic carbocycles. The van der Waals surface area contributed by atoms with Gasteiger partial charge in [0.15, 0.2) is 0 Å². The van der Waals surface area contributed by atoms with E-state index in [1.807, 2.05) is 0 Å². The molecule has 0 radical (unpaired) electrons. The normalized spacial score (nSPS) is 46.6. The molecule has 11 unspecified atom stereocenters. The Morgan fingerprint density at radius 3 is 2.56 bits per heavy atom. The summed E-state index contributed by atoms with van der Waals surface area (Å²) < 4.78 is 58.0. The Kier molecular flexibility index (Phi) is 7.30. The fourth-order valence-corrected chi connectivity index (χ4v) is 7.32. The maximum atomic E-state index is 13.7. The maximum absolute atomic E-state index is 13.7. The van der Waals surface area contributed by atoms with Crippen molar-refractivity contribution < 1.29 is 37.3 Å². The van der Waals surface area contributed by atoms with Gasteiger partial charge in [-0.3, -0.25) is 4.79 Å². The van der Waals surface area contributed by atoms with Gasteiger partial charge in [0.05, 0.1) is 43.5 Å². The molecule has 11 atom stereocenters. The first-order valence-corrected chi connectivity index (χ1v) is 13.1. The van der Waals surface area contributed by atoms with E-state index in [0.717, 1.165) is 44.9 Å². The summed E-state index contributed by atoms with van der Waals surface area (Å²) in [6.07, 6.45) is 1.60. The number of rotatable bonds is 7. The van der Waals surface area contributed by atoms with Crippen LogP contribution < -0.4 is 5.32 Å². The molecule has 2 heterocycles. The molecule has 5 rings (SSSR count). The number of halogens is 3. The van der Waals surface area contributed by atoms with E-state index in [1.165, 1.54) is 0 Å². The number of piperidine rings is 1. The number of carbonyl (C=O) groups excluding carboxylic acids is 1. The zero-order valence-electron chi connectivity index (χ0n) is 19.8. The SMILES string of the molecule is COC1CCCCC1COCC1NC(C(F)(F)F)CCC1C(=O)C1C(O)C2CCC(C2)C2OC21. The van der Waals surface area contributed by atoms with Crippen LogP contribution in [0.4, 0.5) is 13.2 Å². The molecule has 0 aromatic rings. The Morgan fingerprint density at radius 1 is 1.03 bits per heavy atom. The highest BCUT2D eigenvalue weighted by atomic mass is 19.4. The number of Topliss-reactive ketones (excluding diaryl/α,β-unsaturated/α-hetero) is 1. The Morgan fingerprint density at radius 2 is 1.79 bits per heavy atom. The quantitative estimate of drug-likeness (QED) is 0.535. The third-order valence-corrected chi connectivity index (χ3v) is 9.27. The predicted octanol–water partition coefficient (Wildman–Crippen LogP) is 3.25. The van der Waals surface area contributed by atoms with E-state index in [0.29, 0.717) is 12.5 Å². The summed E-state index contributed by atoms with van der Waals surface area (Å²) in [5.41, 5.74) is 0. The van der Waals surface area contributed by atoms with Crippen molar-refractivity contribution in [3.63, 3.8) is 0 Å². The van der Waals surface area contributed by atoms with Gasteiger partial charge in [0.1, 0.15) is 11.8 Å². The van der Waals surface area contributed by atoms with Crippen LogP contribution in [0, 0.1) is 29.6 Å². The average molecular weight is 490 g/mol. The van der Waals surface area contributed by atoms with Crippen LogP contribution in [-0.2, 0) is 19.0 Å². The summed E-state index contributed by atoms with van der Waals surface area (Å²) >= 11 is 0. The van der Waals surface area contributed by atoms with Gasteiger partial charge in [-0.2, -0.15) is 13.2 Å². The fraction of sp³-hybridized carbons (Fsp3) is 0.960. The minimum absolute atomic E-state index is 0.0163. The van der Waals surface area contributed by atoms with Gasteiger partial charge >= 0.3 is 6.18 Å². The number of carbonyl (C=O) groups is 1. The lowest BCUT2D eigenvalue weighted by Gasteiger charge is -2.40. The largest absolute Gasteiger partial charge is 0.403 e. The number of fused-ring (bicyclic) bond motifs is 4. The molecular formula is C25H38F3NO5. The van der Waals surface area contributed by atoms with E-state index >= 15 is 0 Å². The van der Waals surface area contributed by atoms with Crippen molar-refractivity contribution in [3.8, 4) is 0 Å². The molecule has 5 aliphatic rings. The van der Waals surface area contributed by atoms with Gasteiger partial charge in [-0.25, -0.2) is 0 Å². The van der Waals surface area contributed by atoms with Crippen molar-refractivity contribution >= 4 is 5.78 Å². The minimum Gasteiger partial charge on any atom is -0.392 e. The molecule has 2 aliphatic heterocycles. The summed E-state index contributed by atoms with van der Waals surface area (Å²) in [5, 5.41) is 13.8. The number of alkyl halides is 3. The molecule has 0 spiro atoms. The lowest BCUT2D eigenvalue weighted by molar-refractivity contribution is -0.171. The molecule has 34 heavy (non-hydrogen) atoms. The number of nitrogens with one attached hydrogen (secondary N) is 1. The third-order valence-electron chi connectivity index (χ3n) is 9.27. The molecule has 6 nitrogen and oxygen atoms in total. The number of epoxide rings is 1. The smallest absolute Gasteiger partial charge is 0.392 e. The van der Waals surface area contributed by atoms with Crippen molar-refractivity contribution in [2.75, 3.05) is 20.3 Å². The molecule has 2 N–H and O–H groups in total. The van der Waals surface area contributed by atoms with Crippen LogP contribution in [0.3, 0.4) is 0 Å². The van der Waals surface area contributed by atoms with Crippen molar-refractivity contribution in [1.29, 1.82) is 0 Å². The molecule has 3 aliphatic carbocycles. The number of hydrogen-bond donors (Lipinski definition) is 2. The highest BCUT2D eigenvalue weighted by Crippen LogP contribution is 2.52. The second kappa shape index (κ2) is 9.96. The van der Waals surface area contributed by atoms with Crippen LogP contribution in [0.2, 0.25) is 0 Å². The van der Waals surface area contributed by atoms with E-state index in [9.17, 15) is 23.1 Å². The lowest BCUT2D eigenvalue weighted by Crippen LogP contribution is -2.58. The Bertz CT molecular complexity index is 736. The zero-order valence-corrected chi connectivity index (χ0v) is 19.8. The summed E-state index contributed by atoms with van der Waals surface area (Å²) in [7, 11) is 1.69. The van der Waals surface area contributed by atoms with Crippen molar-refractivity contribution in [1.82, 2.24) is 5.32 Å². The van der Waals surface area contributed by atoms with E-state index < -0.39 is 36.2 Å². The van der Waals surface area contributed by atoms with Gasteiger partial charge < -0.3 is 24.6 Å². The number of aliphatic hydroxyl groups excluding tert-OH is 1. The van der Waals surface area contributed by atoms with Gasteiger partial charge in [0.25, 0.3) is 0 Å². The summed E-state index contributed by atoms with van der Waals surface area (Å²) in [4.78, 5) is 13.7. The molecule has 2 saturated heterocycles. The summed E-state index contributed by atoms with van der Waals surface area (Å²) in [6, 6.07) is -2.38. The standard InChI is InChI=1S/C25H38F3NO5/c1-32-18-5-3-2-4-15(18)11-33-12-17-16(8-9-19(29-17)25(26,27)28)22(31)20-21(30)13-6-7-14(10-13)23-24(20)34-23/h13-21,23-24,29-30H,2-12H2,1H3. The summed E-state index contributed by atoms with van der Waals surface area (Å²) in [5.74, 6) is -0.722. The first kappa shape index (κ1) is 24.9. The molecular weight excluding hydrogens is 451 g/mol. The first-order chi connectivity index (χ1) is 16.3. The highest BCUT2D eigenvalue weighted by Gasteiger charge is 2.61. The Labute approximate surface area is 199 Å². The number of hydrogen-bond acceptors (Lipinski definition) is 6. The molecule has 5 fully saturated rings. The predicted molar refractivity (Wildman–Crippen MR) is 117 cm³/mol. The highest BCUT2D eigenvalue weighted by molar-refractivity contribution is 5.86. The van der Waals surface area contributed by atoms with Gasteiger partial charge in [0, 0.05) is 25.0 Å². The lowest BCUT2D eigenvalue weighted by atomic mass is 9.75. The second-order valence-corrected chi connectivity index (χ2v) is 11.2. The Balaban J connectivity index is 1.27. The van der Waals surface area contributed by atoms with Gasteiger partial charge in [0.2, 0.25) is 0 Å². The molecule has 0 amide bonds. The van der Waals surface area contributed by atoms with E-state index in [2.05, 4.69) is 5.32 Å². The minimum atomic E-state index is -4.37. The van der Waals surface area contributed by atoms with E-state index in [-0.39, 0.29) is 55.4 Å². The van der Waals surface area contributed by atoms with Crippen LogP contribution in [0.25, 0.3) is 0 Å². The van der Waals surface area contributed by atoms with Gasteiger partial charge in [-0.15, -0.1) is 0 Å². The topological polar surface area (TPSA) is 80.3 Å². The van der Waals surface area contributed by atoms with Crippen molar-refractivity contribution in [2.45, 2.75) is 100 Å². The zero-order chi connectivity index (χ0) is 24.0. The van der Waals surface area contributed by atoms with Crippen molar-refractivity contribution in [3.05, 3.63) is 0 Å². The van der Waals surface area contributed by atoms with Crippen LogP contribution in [-0.4, -0.2) is 73.9 Å². The van der Waals surface area contributed by atoms with Gasteiger partial charge in [-0.1, -0.05) is 12.8 Å². The third kappa shape index (κ3) is 4.92. The number of ketones is 1. The summed E-state index contributed by atoms with van der Waals surface area (Å²) in [6.45, 7) is 0.456. The monoisotopic (exact) mass is 489 g/mol. The first-order valence-electron chi connectivity index (χ1n) is 13.1. The Hall–Kier alpha value is -0.740. The fourth-order valence-electron chi connectivity index (χ4n) is 7.32. The van der Waals surface area contributed by atoms with Gasteiger partial charge in [-0.05, 0) is 56.8 Å². The average Bonchev–Trinajstić information content (AvgIpc) is 3.44. The molecule has 3 saturated carbocycles. The number of ether oxygens (including phenoxy) is 3. The van der Waals surface area contributed by atoms with E-state index in [4.69, 9.17) is 14.2 Å². The number of aliphatic hydroxyl groups is 1. The molecule has 0 aromatic heterocycles. The second-order valence-electron chi connectivity index (χ2n) is 11.2. The maximum Gasteiger partial charge on any atom is 0.403 e. The number of methoxy groups -OCH3 is 1. The van der Waals surface area contributed by atoms with Crippen LogP contribution in [0.1, 0.15) is 57.8 Å². The molecule has 2 bridgehead atoms. The molecule has 9 heteroatoms. The van der Waals surface area contributed by atoms with Crippen LogP contribution in [0.5, 0.6) is 0 Å². The molecule has 194 valence electrons. The van der Waals surface area contributed by atoms with E-state index in [1.54, 1.807) is 7.11 Å². The van der Waals surface area contributed by atoms with Crippen LogP contribution in [0.15, 0.2) is 0 Å². The van der Waals surface area contributed by atoms with Crippen molar-refractivity contribution in [2.24, 2.45) is 29.6 Å². The van der Waals surface area contributed by atoms with Crippen LogP contribution >= 0.6 is 0 Å².